The molecule has 2 atom stereocenters. The summed E-state index contributed by atoms with van der Waals surface area (Å²) in [5.74, 6) is 0. The maximum Gasteiger partial charge on any atom is 0.297 e. The second-order valence-electron chi connectivity index (χ2n) is 6.38. The minimum absolute atomic E-state index is 0.0971. The van der Waals surface area contributed by atoms with Crippen LogP contribution in [-0.2, 0) is 23.8 Å². The summed E-state index contributed by atoms with van der Waals surface area (Å²) in [6.45, 7) is 2.47. The predicted octanol–water partition coefficient (Wildman–Crippen LogP) is 3.98. The van der Waals surface area contributed by atoms with Gasteiger partial charge in [0.25, 0.3) is 10.1 Å². The van der Waals surface area contributed by atoms with Crippen LogP contribution in [0.15, 0.2) is 59.5 Å². The van der Waals surface area contributed by atoms with Gasteiger partial charge in [0.15, 0.2) is 6.29 Å². The fraction of sp³-hybridized carbons (Fsp3) is 0.400. The van der Waals surface area contributed by atoms with Crippen molar-refractivity contribution in [1.29, 1.82) is 0 Å². The number of ether oxygens (including phenoxy) is 2. The van der Waals surface area contributed by atoms with Gasteiger partial charge < -0.3 is 9.47 Å². The van der Waals surface area contributed by atoms with Crippen molar-refractivity contribution in [1.82, 2.24) is 0 Å². The van der Waals surface area contributed by atoms with Crippen molar-refractivity contribution in [3.05, 3.63) is 65.7 Å². The second kappa shape index (κ2) is 8.77. The van der Waals surface area contributed by atoms with Crippen LogP contribution in [0, 0.1) is 6.92 Å². The van der Waals surface area contributed by atoms with E-state index in [1.807, 2.05) is 37.3 Å². The quantitative estimate of drug-likeness (QED) is 0.684. The van der Waals surface area contributed by atoms with Crippen LogP contribution in [0.3, 0.4) is 0 Å². The summed E-state index contributed by atoms with van der Waals surface area (Å²) in [4.78, 5) is 0.142. The van der Waals surface area contributed by atoms with Crippen LogP contribution in [0.2, 0.25) is 0 Å². The molecule has 0 spiro atoms. The summed E-state index contributed by atoms with van der Waals surface area (Å²) >= 11 is 0. The molecule has 6 heteroatoms. The largest absolute Gasteiger partial charge is 0.353 e. The first-order valence-corrected chi connectivity index (χ1v) is 10.2. The van der Waals surface area contributed by atoms with E-state index >= 15 is 0 Å². The third kappa shape index (κ3) is 5.14. The van der Waals surface area contributed by atoms with Crippen LogP contribution in [0.1, 0.15) is 36.5 Å². The van der Waals surface area contributed by atoms with Crippen LogP contribution in [0.4, 0.5) is 0 Å². The zero-order valence-electron chi connectivity index (χ0n) is 14.8. The lowest BCUT2D eigenvalue weighted by Gasteiger charge is -2.27. The Hall–Kier alpha value is -1.73. The van der Waals surface area contributed by atoms with E-state index in [1.54, 1.807) is 24.3 Å². The summed E-state index contributed by atoms with van der Waals surface area (Å²) in [6.07, 6.45) is 2.01. The maximum absolute atomic E-state index is 12.5. The van der Waals surface area contributed by atoms with Crippen LogP contribution in [0.5, 0.6) is 0 Å². The predicted molar refractivity (Wildman–Crippen MR) is 98.2 cm³/mol. The van der Waals surface area contributed by atoms with Crippen molar-refractivity contribution in [3.63, 3.8) is 0 Å². The Bertz CT molecular complexity index is 781. The number of aryl methyl sites for hydroxylation is 1. The molecule has 1 aliphatic rings. The lowest BCUT2D eigenvalue weighted by molar-refractivity contribution is -0.195. The first-order chi connectivity index (χ1) is 12.5. The highest BCUT2D eigenvalue weighted by molar-refractivity contribution is 7.86. The Morgan fingerprint density at radius 1 is 1.08 bits per heavy atom. The third-order valence-corrected chi connectivity index (χ3v) is 5.61. The van der Waals surface area contributed by atoms with Gasteiger partial charge in [0.1, 0.15) is 6.10 Å². The van der Waals surface area contributed by atoms with Gasteiger partial charge >= 0.3 is 0 Å². The Kier molecular flexibility index (Phi) is 6.43. The molecule has 0 saturated carbocycles. The Morgan fingerprint density at radius 3 is 2.46 bits per heavy atom. The SMILES string of the molecule is Cc1ccc(S(=O)(=O)OC[C@@H](O[C@@H]2CCCCO2)c2ccccc2)cc1. The van der Waals surface area contributed by atoms with Gasteiger partial charge in [-0.1, -0.05) is 48.0 Å². The molecule has 2 aromatic carbocycles. The minimum Gasteiger partial charge on any atom is -0.353 e. The number of rotatable bonds is 7. The van der Waals surface area contributed by atoms with E-state index in [-0.39, 0.29) is 17.8 Å². The lowest BCUT2D eigenvalue weighted by atomic mass is 10.1. The molecule has 0 amide bonds. The lowest BCUT2D eigenvalue weighted by Crippen LogP contribution is -2.27. The van der Waals surface area contributed by atoms with Gasteiger partial charge in [0.2, 0.25) is 0 Å². The molecule has 0 N–H and O–H groups in total. The van der Waals surface area contributed by atoms with Gasteiger partial charge in [-0.3, -0.25) is 4.18 Å². The highest BCUT2D eigenvalue weighted by Crippen LogP contribution is 2.26. The van der Waals surface area contributed by atoms with E-state index in [4.69, 9.17) is 13.7 Å². The molecule has 1 aliphatic heterocycles. The second-order valence-corrected chi connectivity index (χ2v) is 8.00. The van der Waals surface area contributed by atoms with E-state index in [0.717, 1.165) is 30.4 Å². The fourth-order valence-electron chi connectivity index (χ4n) is 2.81. The topological polar surface area (TPSA) is 61.8 Å². The molecular formula is C20H24O5S. The third-order valence-electron chi connectivity index (χ3n) is 4.31. The van der Waals surface area contributed by atoms with Gasteiger partial charge in [-0.05, 0) is 43.9 Å². The number of benzene rings is 2. The molecule has 0 radical (unpaired) electrons. The normalized spacial score (nSPS) is 19.2. The molecule has 1 fully saturated rings. The van der Waals surface area contributed by atoms with Crippen molar-refractivity contribution in [2.45, 2.75) is 43.5 Å². The van der Waals surface area contributed by atoms with Crippen LogP contribution >= 0.6 is 0 Å². The average molecular weight is 376 g/mol. The van der Waals surface area contributed by atoms with Crippen LogP contribution in [-0.4, -0.2) is 27.9 Å². The number of hydrogen-bond donors (Lipinski definition) is 0. The maximum atomic E-state index is 12.5. The van der Waals surface area contributed by atoms with Gasteiger partial charge in [0, 0.05) is 6.61 Å². The first kappa shape index (κ1) is 19.0. The molecule has 0 unspecified atom stereocenters. The summed E-state index contributed by atoms with van der Waals surface area (Å²) < 4.78 is 41.9. The molecule has 2 aromatic rings. The zero-order chi connectivity index (χ0) is 18.4. The van der Waals surface area contributed by atoms with E-state index in [2.05, 4.69) is 0 Å². The van der Waals surface area contributed by atoms with E-state index in [1.165, 1.54) is 0 Å². The van der Waals surface area contributed by atoms with Gasteiger partial charge in [0.05, 0.1) is 11.5 Å². The molecular weight excluding hydrogens is 352 g/mol. The average Bonchev–Trinajstić information content (AvgIpc) is 2.67. The van der Waals surface area contributed by atoms with Gasteiger partial charge in [-0.25, -0.2) is 0 Å². The highest BCUT2D eigenvalue weighted by atomic mass is 32.2. The molecule has 1 saturated heterocycles. The van der Waals surface area contributed by atoms with Gasteiger partial charge in [-0.15, -0.1) is 0 Å². The first-order valence-electron chi connectivity index (χ1n) is 8.83. The van der Waals surface area contributed by atoms with Crippen molar-refractivity contribution < 1.29 is 22.1 Å². The van der Waals surface area contributed by atoms with Crippen LogP contribution in [0.25, 0.3) is 0 Å². The monoisotopic (exact) mass is 376 g/mol. The summed E-state index contributed by atoms with van der Waals surface area (Å²) in [5.41, 5.74) is 1.85. The Balaban J connectivity index is 1.71. The highest BCUT2D eigenvalue weighted by Gasteiger charge is 2.24. The summed E-state index contributed by atoms with van der Waals surface area (Å²) in [6, 6.07) is 16.1. The van der Waals surface area contributed by atoms with E-state index < -0.39 is 16.2 Å². The smallest absolute Gasteiger partial charge is 0.297 e. The molecule has 140 valence electrons. The van der Waals surface area contributed by atoms with E-state index in [0.29, 0.717) is 6.61 Å². The fourth-order valence-corrected chi connectivity index (χ4v) is 3.72. The number of hydrogen-bond acceptors (Lipinski definition) is 5. The van der Waals surface area contributed by atoms with Crippen molar-refractivity contribution >= 4 is 10.1 Å². The zero-order valence-corrected chi connectivity index (χ0v) is 15.7. The molecule has 0 aliphatic carbocycles. The molecule has 1 heterocycles. The van der Waals surface area contributed by atoms with Crippen LogP contribution < -0.4 is 0 Å². The summed E-state index contributed by atoms with van der Waals surface area (Å²) in [7, 11) is -3.84. The molecule has 26 heavy (non-hydrogen) atoms. The van der Waals surface area contributed by atoms with Crippen molar-refractivity contribution in [2.24, 2.45) is 0 Å². The Labute approximate surface area is 155 Å². The van der Waals surface area contributed by atoms with Crippen molar-refractivity contribution in [3.8, 4) is 0 Å². The minimum atomic E-state index is -3.84. The molecule has 0 aromatic heterocycles. The standard InChI is InChI=1S/C20H24O5S/c1-16-10-12-18(13-11-16)26(21,22)24-15-19(17-7-3-2-4-8-17)25-20-9-5-6-14-23-20/h2-4,7-8,10-13,19-20H,5-6,9,14-15H2,1H3/t19-,20-/m1/s1. The molecule has 0 bridgehead atoms. The molecule has 5 nitrogen and oxygen atoms in total. The van der Waals surface area contributed by atoms with Crippen molar-refractivity contribution in [2.75, 3.05) is 13.2 Å². The summed E-state index contributed by atoms with van der Waals surface area (Å²) in [5, 5.41) is 0. The Morgan fingerprint density at radius 2 is 1.81 bits per heavy atom. The van der Waals surface area contributed by atoms with E-state index in [9.17, 15) is 8.42 Å². The van der Waals surface area contributed by atoms with Gasteiger partial charge in [-0.2, -0.15) is 8.42 Å². The molecule has 3 rings (SSSR count).